The quantitative estimate of drug-likeness (QED) is 0.352. The molecule has 0 spiro atoms. The third-order valence-corrected chi connectivity index (χ3v) is 8.42. The van der Waals surface area contributed by atoms with Crippen molar-refractivity contribution in [1.29, 1.82) is 0 Å². The first-order valence-corrected chi connectivity index (χ1v) is 15.4. The highest BCUT2D eigenvalue weighted by atomic mass is 16.5. The van der Waals surface area contributed by atoms with Crippen LogP contribution in [-0.2, 0) is 16.0 Å². The molecule has 0 aliphatic carbocycles. The summed E-state index contributed by atoms with van der Waals surface area (Å²) in [6.45, 7) is 10.8. The van der Waals surface area contributed by atoms with Crippen LogP contribution in [0.25, 0.3) is 0 Å². The maximum absolute atomic E-state index is 13.5. The maximum atomic E-state index is 13.5. The lowest BCUT2D eigenvalue weighted by Gasteiger charge is -2.35. The zero-order chi connectivity index (χ0) is 28.2. The van der Waals surface area contributed by atoms with E-state index in [1.54, 1.807) is 0 Å². The van der Waals surface area contributed by atoms with Crippen LogP contribution >= 0.6 is 0 Å². The third kappa shape index (κ3) is 8.80. The number of hydrogen-bond donors (Lipinski definition) is 2. The predicted molar refractivity (Wildman–Crippen MR) is 163 cm³/mol. The highest BCUT2D eigenvalue weighted by molar-refractivity contribution is 6.02. The molecule has 1 atom stereocenters. The fourth-order valence-corrected chi connectivity index (χ4v) is 5.86. The minimum atomic E-state index is -0.0798. The van der Waals surface area contributed by atoms with Gasteiger partial charge in [-0.2, -0.15) is 0 Å². The summed E-state index contributed by atoms with van der Waals surface area (Å²) in [6.07, 6.45) is 7.13. The van der Waals surface area contributed by atoms with Gasteiger partial charge in [-0.05, 0) is 61.8 Å². The molecule has 2 fully saturated rings. The van der Waals surface area contributed by atoms with Crippen molar-refractivity contribution in [2.75, 3.05) is 62.7 Å². The Morgan fingerprint density at radius 1 is 1.00 bits per heavy atom. The number of unbranched alkanes of at least 4 members (excludes halogenated alkanes) is 1. The molecule has 0 bridgehead atoms. The van der Waals surface area contributed by atoms with Gasteiger partial charge in [0.1, 0.15) is 0 Å². The smallest absolute Gasteiger partial charge is 0.253 e. The number of anilines is 2. The largest absolute Gasteiger partial charge is 0.379 e. The topological polar surface area (TPSA) is 73.9 Å². The monoisotopic (exact) mass is 548 g/mol. The van der Waals surface area contributed by atoms with Crippen LogP contribution in [0.1, 0.15) is 68.3 Å². The molecule has 2 amide bonds. The maximum Gasteiger partial charge on any atom is 0.253 e. The zero-order valence-corrected chi connectivity index (χ0v) is 24.5. The molecule has 218 valence electrons. The van der Waals surface area contributed by atoms with Gasteiger partial charge in [0.25, 0.3) is 5.91 Å². The summed E-state index contributed by atoms with van der Waals surface area (Å²) < 4.78 is 5.44. The van der Waals surface area contributed by atoms with Crippen LogP contribution in [0.3, 0.4) is 0 Å². The van der Waals surface area contributed by atoms with Gasteiger partial charge in [0.05, 0.1) is 18.8 Å². The van der Waals surface area contributed by atoms with Gasteiger partial charge >= 0.3 is 0 Å². The Kier molecular flexibility index (Phi) is 11.9. The van der Waals surface area contributed by atoms with Crippen LogP contribution in [0, 0.1) is 11.8 Å². The van der Waals surface area contributed by atoms with Crippen molar-refractivity contribution in [3.8, 4) is 0 Å². The van der Waals surface area contributed by atoms with Crippen molar-refractivity contribution >= 4 is 23.2 Å². The highest BCUT2D eigenvalue weighted by Crippen LogP contribution is 2.30. The number of nitrogens with zero attached hydrogens (tertiary/aromatic N) is 2. The molecule has 2 saturated heterocycles. The normalized spacial score (nSPS) is 17.4. The Morgan fingerprint density at radius 2 is 1.75 bits per heavy atom. The van der Waals surface area contributed by atoms with Crippen LogP contribution in [0.2, 0.25) is 0 Å². The van der Waals surface area contributed by atoms with Gasteiger partial charge in [-0.25, -0.2) is 0 Å². The number of benzene rings is 2. The molecular formula is C33H48N4O3. The van der Waals surface area contributed by atoms with E-state index in [9.17, 15) is 9.59 Å². The first-order chi connectivity index (χ1) is 19.6. The van der Waals surface area contributed by atoms with Gasteiger partial charge in [0.15, 0.2) is 0 Å². The molecule has 4 rings (SSSR count). The van der Waals surface area contributed by atoms with Gasteiger partial charge in [0, 0.05) is 56.6 Å². The van der Waals surface area contributed by atoms with Crippen molar-refractivity contribution in [3.63, 3.8) is 0 Å². The van der Waals surface area contributed by atoms with Gasteiger partial charge in [-0.3, -0.25) is 14.5 Å². The number of morpholine rings is 1. The fraction of sp³-hybridized carbons (Fsp3) is 0.576. The number of carbonyl (C=O) groups excluding carboxylic acids is 2. The molecule has 40 heavy (non-hydrogen) atoms. The van der Waals surface area contributed by atoms with E-state index in [4.69, 9.17) is 4.74 Å². The molecule has 0 aromatic heterocycles. The zero-order valence-electron chi connectivity index (χ0n) is 24.5. The Labute approximate surface area is 240 Å². The average molecular weight is 549 g/mol. The van der Waals surface area contributed by atoms with Crippen molar-refractivity contribution in [2.45, 2.75) is 58.8 Å². The van der Waals surface area contributed by atoms with E-state index in [1.807, 2.05) is 18.2 Å². The second kappa shape index (κ2) is 15.8. The molecule has 2 aliphatic heterocycles. The second-order valence-corrected chi connectivity index (χ2v) is 11.3. The second-order valence-electron chi connectivity index (χ2n) is 11.3. The number of ether oxygens (including phenoxy) is 1. The number of nitrogens with one attached hydrogen (secondary N) is 2. The van der Waals surface area contributed by atoms with Gasteiger partial charge in [0.2, 0.25) is 5.91 Å². The number of piperidine rings is 1. The summed E-state index contributed by atoms with van der Waals surface area (Å²) in [7, 11) is 0. The third-order valence-electron chi connectivity index (χ3n) is 8.42. The Balaban J connectivity index is 1.44. The minimum Gasteiger partial charge on any atom is -0.379 e. The minimum absolute atomic E-state index is 0.00549. The molecule has 0 radical (unpaired) electrons. The summed E-state index contributed by atoms with van der Waals surface area (Å²) in [5.41, 5.74) is 3.69. The van der Waals surface area contributed by atoms with Crippen molar-refractivity contribution in [1.82, 2.24) is 10.2 Å². The standard InChI is InChI=1S/C33H48N4O3/c1-3-5-11-28(4-2)32(38)35-29-12-13-31(30(25-29)33(39)34-16-19-36-20-22-40-23-21-36)37-17-14-27(15-18-37)24-26-9-7-6-8-10-26/h6-10,12-13,25,27-28H,3-5,11,14-24H2,1-2H3,(H,34,39)(H,35,38). The SMILES string of the molecule is CCCCC(CC)C(=O)Nc1ccc(N2CCC(Cc3ccccc3)CC2)c(C(=O)NCCN2CCOCC2)c1. The summed E-state index contributed by atoms with van der Waals surface area (Å²) in [6, 6.07) is 16.6. The van der Waals surface area contributed by atoms with Crippen molar-refractivity contribution in [3.05, 3.63) is 59.7 Å². The predicted octanol–water partition coefficient (Wildman–Crippen LogP) is 5.36. The first kappa shape index (κ1) is 30.1. The number of hydrogen-bond acceptors (Lipinski definition) is 5. The number of rotatable bonds is 13. The molecule has 2 heterocycles. The molecule has 2 N–H and O–H groups in total. The molecule has 1 unspecified atom stereocenters. The summed E-state index contributed by atoms with van der Waals surface area (Å²) in [5.74, 6) is 0.610. The summed E-state index contributed by atoms with van der Waals surface area (Å²) in [5, 5.41) is 6.26. The van der Waals surface area contributed by atoms with Gasteiger partial charge in [-0.15, -0.1) is 0 Å². The van der Waals surface area contributed by atoms with Crippen molar-refractivity contribution < 1.29 is 14.3 Å². The molecule has 2 aromatic rings. The van der Waals surface area contributed by atoms with E-state index >= 15 is 0 Å². The number of carbonyl (C=O) groups is 2. The van der Waals surface area contributed by atoms with Crippen LogP contribution in [0.5, 0.6) is 0 Å². The fourth-order valence-electron chi connectivity index (χ4n) is 5.86. The van der Waals surface area contributed by atoms with E-state index in [0.717, 1.165) is 96.6 Å². The Morgan fingerprint density at radius 3 is 2.45 bits per heavy atom. The van der Waals surface area contributed by atoms with Gasteiger partial charge < -0.3 is 20.3 Å². The van der Waals surface area contributed by atoms with Gasteiger partial charge in [-0.1, -0.05) is 57.0 Å². The lowest BCUT2D eigenvalue weighted by Crippen LogP contribution is -2.41. The molecule has 7 nitrogen and oxygen atoms in total. The molecular weight excluding hydrogens is 500 g/mol. The van der Waals surface area contributed by atoms with Crippen molar-refractivity contribution in [2.24, 2.45) is 11.8 Å². The highest BCUT2D eigenvalue weighted by Gasteiger charge is 2.24. The van der Waals surface area contributed by atoms with Crippen LogP contribution < -0.4 is 15.5 Å². The molecule has 7 heteroatoms. The van der Waals surface area contributed by atoms with E-state index in [-0.39, 0.29) is 17.7 Å². The lowest BCUT2D eigenvalue weighted by molar-refractivity contribution is -0.120. The van der Waals surface area contributed by atoms with E-state index in [0.29, 0.717) is 23.7 Å². The number of amides is 2. The van der Waals surface area contributed by atoms with Crippen LogP contribution in [0.15, 0.2) is 48.5 Å². The van der Waals surface area contributed by atoms with E-state index in [1.165, 1.54) is 5.56 Å². The average Bonchev–Trinajstić information content (AvgIpc) is 2.99. The molecule has 0 saturated carbocycles. The summed E-state index contributed by atoms with van der Waals surface area (Å²) in [4.78, 5) is 31.2. The summed E-state index contributed by atoms with van der Waals surface area (Å²) >= 11 is 0. The lowest BCUT2D eigenvalue weighted by atomic mass is 9.89. The molecule has 2 aromatic carbocycles. The van der Waals surface area contributed by atoms with Crippen LogP contribution in [0.4, 0.5) is 11.4 Å². The van der Waals surface area contributed by atoms with Crippen LogP contribution in [-0.4, -0.2) is 69.2 Å². The van der Waals surface area contributed by atoms with E-state index < -0.39 is 0 Å². The molecule has 2 aliphatic rings. The Bertz CT molecular complexity index is 1060. The van der Waals surface area contributed by atoms with E-state index in [2.05, 4.69) is 64.6 Å². The Hall–Kier alpha value is -2.90. The first-order valence-electron chi connectivity index (χ1n) is 15.4.